The van der Waals surface area contributed by atoms with Crippen molar-refractivity contribution < 1.29 is 28.9 Å². The molecule has 0 bridgehead atoms. The summed E-state index contributed by atoms with van der Waals surface area (Å²) >= 11 is 0. The summed E-state index contributed by atoms with van der Waals surface area (Å²) in [4.78, 5) is 24.1. The van der Waals surface area contributed by atoms with E-state index in [0.29, 0.717) is 5.56 Å². The number of ether oxygens (including phenoxy) is 3. The maximum Gasteiger partial charge on any atom is 0.251 e. The van der Waals surface area contributed by atoms with Crippen LogP contribution in [0.25, 0.3) is 0 Å². The molecule has 4 atom stereocenters. The highest BCUT2D eigenvalue weighted by Crippen LogP contribution is 2.37. The first-order valence-electron chi connectivity index (χ1n) is 8.14. The maximum absolute atomic E-state index is 12.1. The fourth-order valence-corrected chi connectivity index (χ4v) is 3.01. The fourth-order valence-electron chi connectivity index (χ4n) is 3.01. The molecule has 1 aromatic rings. The fraction of sp³-hybridized carbons (Fsp3) is 0.529. The van der Waals surface area contributed by atoms with Gasteiger partial charge in [-0.25, -0.2) is 0 Å². The van der Waals surface area contributed by atoms with Gasteiger partial charge in [-0.15, -0.1) is 0 Å². The molecule has 8 heteroatoms. The summed E-state index contributed by atoms with van der Waals surface area (Å²) < 4.78 is 17.1. The molecule has 0 aliphatic carbocycles. The second-order valence-electron chi connectivity index (χ2n) is 6.46. The number of hydrogen-bond acceptors (Lipinski definition) is 6. The SMILES string of the molecule is CC1(C)O[C@@H]2[C@H](O1)[C@H](CO)O[C@@H]2NC(=O)CNC(=O)c1ccccc1. The molecular weight excluding hydrogens is 328 g/mol. The summed E-state index contributed by atoms with van der Waals surface area (Å²) in [7, 11) is 0. The Hall–Kier alpha value is -2.00. The zero-order valence-electron chi connectivity index (χ0n) is 14.1. The largest absolute Gasteiger partial charge is 0.394 e. The second-order valence-corrected chi connectivity index (χ2v) is 6.46. The van der Waals surface area contributed by atoms with Crippen molar-refractivity contribution in [3.8, 4) is 0 Å². The zero-order chi connectivity index (χ0) is 18.0. The van der Waals surface area contributed by atoms with E-state index >= 15 is 0 Å². The average Bonchev–Trinajstić information content (AvgIpc) is 3.07. The van der Waals surface area contributed by atoms with Gasteiger partial charge in [0.25, 0.3) is 5.91 Å². The smallest absolute Gasteiger partial charge is 0.251 e. The van der Waals surface area contributed by atoms with Gasteiger partial charge in [-0.05, 0) is 26.0 Å². The van der Waals surface area contributed by atoms with Crippen molar-refractivity contribution in [2.24, 2.45) is 0 Å². The van der Waals surface area contributed by atoms with Crippen molar-refractivity contribution in [1.29, 1.82) is 0 Å². The van der Waals surface area contributed by atoms with Crippen molar-refractivity contribution >= 4 is 11.8 Å². The molecule has 2 saturated heterocycles. The molecule has 136 valence electrons. The van der Waals surface area contributed by atoms with Gasteiger partial charge in [0.1, 0.15) is 18.3 Å². The van der Waals surface area contributed by atoms with Gasteiger partial charge in [0, 0.05) is 5.56 Å². The predicted molar refractivity (Wildman–Crippen MR) is 86.5 cm³/mol. The van der Waals surface area contributed by atoms with Crippen molar-refractivity contribution in [2.45, 2.75) is 44.2 Å². The Morgan fingerprint density at radius 1 is 1.16 bits per heavy atom. The highest BCUT2D eigenvalue weighted by Gasteiger charge is 2.55. The third-order valence-electron chi connectivity index (χ3n) is 4.08. The molecule has 0 saturated carbocycles. The normalized spacial score (nSPS) is 29.9. The molecule has 25 heavy (non-hydrogen) atoms. The quantitative estimate of drug-likeness (QED) is 0.677. The van der Waals surface area contributed by atoms with Gasteiger partial charge in [0.05, 0.1) is 13.2 Å². The Morgan fingerprint density at radius 3 is 2.52 bits per heavy atom. The molecule has 8 nitrogen and oxygen atoms in total. The van der Waals surface area contributed by atoms with Crippen LogP contribution in [-0.4, -0.2) is 60.4 Å². The Balaban J connectivity index is 1.53. The predicted octanol–water partition coefficient (Wildman–Crippen LogP) is -0.230. The van der Waals surface area contributed by atoms with E-state index in [9.17, 15) is 14.7 Å². The summed E-state index contributed by atoms with van der Waals surface area (Å²) in [5, 5.41) is 14.6. The minimum absolute atomic E-state index is 0.195. The van der Waals surface area contributed by atoms with Gasteiger partial charge < -0.3 is 30.0 Å². The van der Waals surface area contributed by atoms with Crippen LogP contribution in [0.2, 0.25) is 0 Å². The number of carbonyl (C=O) groups is 2. The molecule has 1 aromatic carbocycles. The molecule has 3 N–H and O–H groups in total. The van der Waals surface area contributed by atoms with Gasteiger partial charge in [-0.2, -0.15) is 0 Å². The Kier molecular flexibility index (Phi) is 5.05. The minimum atomic E-state index is -0.808. The number of amides is 2. The van der Waals surface area contributed by atoms with E-state index in [4.69, 9.17) is 14.2 Å². The summed E-state index contributed by atoms with van der Waals surface area (Å²) in [5.74, 6) is -1.56. The van der Waals surface area contributed by atoms with Crippen molar-refractivity contribution in [3.63, 3.8) is 0 Å². The third kappa shape index (κ3) is 3.98. The van der Waals surface area contributed by atoms with E-state index in [-0.39, 0.29) is 19.1 Å². The van der Waals surface area contributed by atoms with E-state index in [0.717, 1.165) is 0 Å². The first-order chi connectivity index (χ1) is 11.9. The lowest BCUT2D eigenvalue weighted by atomic mass is 10.1. The number of carbonyl (C=O) groups excluding carboxylic acids is 2. The minimum Gasteiger partial charge on any atom is -0.394 e. The molecule has 2 fully saturated rings. The van der Waals surface area contributed by atoms with Gasteiger partial charge >= 0.3 is 0 Å². The van der Waals surface area contributed by atoms with Crippen molar-refractivity contribution in [1.82, 2.24) is 10.6 Å². The van der Waals surface area contributed by atoms with Crippen molar-refractivity contribution in [2.75, 3.05) is 13.2 Å². The van der Waals surface area contributed by atoms with Crippen LogP contribution in [0.1, 0.15) is 24.2 Å². The van der Waals surface area contributed by atoms with Crippen LogP contribution in [-0.2, 0) is 19.0 Å². The third-order valence-corrected chi connectivity index (χ3v) is 4.08. The Labute approximate surface area is 145 Å². The lowest BCUT2D eigenvalue weighted by Crippen LogP contribution is -2.47. The Bertz CT molecular complexity index is 635. The van der Waals surface area contributed by atoms with Crippen molar-refractivity contribution in [3.05, 3.63) is 35.9 Å². The van der Waals surface area contributed by atoms with Gasteiger partial charge in [-0.3, -0.25) is 9.59 Å². The number of aliphatic hydroxyl groups excluding tert-OH is 1. The lowest BCUT2D eigenvalue weighted by molar-refractivity contribution is -0.194. The highest BCUT2D eigenvalue weighted by atomic mass is 16.8. The monoisotopic (exact) mass is 350 g/mol. The standard InChI is InChI=1S/C17H22N2O6/c1-17(2)24-13-11(9-20)23-16(14(13)25-17)19-12(21)8-18-15(22)10-6-4-3-5-7-10/h3-7,11,13-14,16,20H,8-9H2,1-2H3,(H,18,22)(H,19,21)/t11-,13+,14+,16-/m0/s1. The van der Waals surface area contributed by atoms with E-state index in [1.807, 2.05) is 0 Å². The summed E-state index contributed by atoms with van der Waals surface area (Å²) in [6.07, 6.45) is -2.29. The van der Waals surface area contributed by atoms with Crippen LogP contribution in [0.3, 0.4) is 0 Å². The highest BCUT2D eigenvalue weighted by molar-refractivity contribution is 5.96. The molecule has 0 radical (unpaired) electrons. The summed E-state index contributed by atoms with van der Waals surface area (Å²) in [5.41, 5.74) is 0.474. The molecule has 0 aromatic heterocycles. The first-order valence-corrected chi connectivity index (χ1v) is 8.14. The number of nitrogens with one attached hydrogen (secondary N) is 2. The molecule has 2 aliphatic rings. The van der Waals surface area contributed by atoms with Gasteiger partial charge in [0.15, 0.2) is 12.0 Å². The van der Waals surface area contributed by atoms with Crippen LogP contribution < -0.4 is 10.6 Å². The molecule has 2 aliphatic heterocycles. The van der Waals surface area contributed by atoms with Crippen LogP contribution in [0.15, 0.2) is 30.3 Å². The number of fused-ring (bicyclic) bond motifs is 1. The Morgan fingerprint density at radius 2 is 1.84 bits per heavy atom. The lowest BCUT2D eigenvalue weighted by Gasteiger charge is -2.24. The zero-order valence-corrected chi connectivity index (χ0v) is 14.1. The van der Waals surface area contributed by atoms with Crippen LogP contribution in [0.4, 0.5) is 0 Å². The van der Waals surface area contributed by atoms with Gasteiger partial charge in [-0.1, -0.05) is 18.2 Å². The molecular formula is C17H22N2O6. The van der Waals surface area contributed by atoms with Crippen LogP contribution in [0.5, 0.6) is 0 Å². The summed E-state index contributed by atoms with van der Waals surface area (Å²) in [6.45, 7) is 3.09. The topological polar surface area (TPSA) is 106 Å². The second kappa shape index (κ2) is 7.09. The number of aliphatic hydroxyl groups is 1. The van der Waals surface area contributed by atoms with E-state index in [2.05, 4.69) is 10.6 Å². The number of hydrogen-bond donors (Lipinski definition) is 3. The molecule has 2 amide bonds. The van der Waals surface area contributed by atoms with Crippen LogP contribution in [0, 0.1) is 0 Å². The molecule has 0 spiro atoms. The first kappa shape index (κ1) is 17.8. The van der Waals surface area contributed by atoms with E-state index < -0.39 is 36.2 Å². The maximum atomic E-state index is 12.1. The summed E-state index contributed by atoms with van der Waals surface area (Å²) in [6, 6.07) is 8.62. The van der Waals surface area contributed by atoms with Crippen LogP contribution >= 0.6 is 0 Å². The van der Waals surface area contributed by atoms with E-state index in [1.165, 1.54) is 0 Å². The average molecular weight is 350 g/mol. The molecule has 0 unspecified atom stereocenters. The molecule has 2 heterocycles. The number of benzene rings is 1. The number of rotatable bonds is 5. The molecule has 3 rings (SSSR count). The van der Waals surface area contributed by atoms with Gasteiger partial charge in [0.2, 0.25) is 5.91 Å². The van der Waals surface area contributed by atoms with E-state index in [1.54, 1.807) is 44.2 Å².